The van der Waals surface area contributed by atoms with E-state index in [1.807, 2.05) is 0 Å². The minimum absolute atomic E-state index is 0.140. The third-order valence-electron chi connectivity index (χ3n) is 2.44. The van der Waals surface area contributed by atoms with Gasteiger partial charge in [-0.15, -0.1) is 0 Å². The van der Waals surface area contributed by atoms with E-state index in [1.165, 1.54) is 19.1 Å². The third kappa shape index (κ3) is 2.89. The Morgan fingerprint density at radius 1 is 1.38 bits per heavy atom. The molecule has 112 valence electrons. The maximum absolute atomic E-state index is 13.8. The van der Waals surface area contributed by atoms with Crippen LogP contribution in [-0.4, -0.2) is 46.7 Å². The molecule has 0 aliphatic rings. The van der Waals surface area contributed by atoms with Gasteiger partial charge in [0.1, 0.15) is 0 Å². The number of aromatic nitrogens is 4. The van der Waals surface area contributed by atoms with Crippen molar-refractivity contribution in [3.05, 3.63) is 30.3 Å². The van der Waals surface area contributed by atoms with Crippen molar-refractivity contribution in [2.45, 2.75) is 17.6 Å². The predicted molar refractivity (Wildman–Crippen MR) is 67.9 cm³/mol. The molecule has 2 rings (SSSR count). The first-order valence-corrected chi connectivity index (χ1v) is 7.41. The minimum atomic E-state index is -4.71. The molecule has 0 radical (unpaired) electrons. The second-order valence-electron chi connectivity index (χ2n) is 3.82. The molecule has 1 heterocycles. The van der Waals surface area contributed by atoms with Crippen molar-refractivity contribution in [1.82, 2.24) is 20.2 Å². The molecule has 1 unspecified atom stereocenters. The number of nitrogens with zero attached hydrogens (tertiary/aromatic N) is 4. The number of carbonyl (C=O) groups excluding carboxylic acids is 1. The number of tetrazole rings is 1. The Morgan fingerprint density at radius 2 is 2.05 bits per heavy atom. The van der Waals surface area contributed by atoms with Crippen LogP contribution >= 0.6 is 0 Å². The van der Waals surface area contributed by atoms with Crippen molar-refractivity contribution in [2.24, 2.45) is 0 Å². The van der Waals surface area contributed by atoms with Gasteiger partial charge in [-0.1, -0.05) is 23.3 Å². The fourth-order valence-corrected chi connectivity index (χ4v) is 2.55. The second kappa shape index (κ2) is 5.95. The van der Waals surface area contributed by atoms with Crippen molar-refractivity contribution in [3.63, 3.8) is 0 Å². The number of halogens is 1. The summed E-state index contributed by atoms with van der Waals surface area (Å²) >= 11 is 0. The van der Waals surface area contributed by atoms with Crippen LogP contribution in [0.2, 0.25) is 0 Å². The lowest BCUT2D eigenvalue weighted by molar-refractivity contribution is -0.145. The number of ether oxygens (including phenoxy) is 1. The maximum Gasteiger partial charge on any atom is 0.357 e. The van der Waals surface area contributed by atoms with Crippen LogP contribution in [-0.2, 0) is 19.4 Å². The Kier molecular flexibility index (Phi) is 4.26. The van der Waals surface area contributed by atoms with E-state index >= 15 is 0 Å². The zero-order chi connectivity index (χ0) is 15.5. The average molecular weight is 314 g/mol. The van der Waals surface area contributed by atoms with Gasteiger partial charge in [-0.3, -0.25) is 0 Å². The summed E-state index contributed by atoms with van der Waals surface area (Å²) in [5.41, 5.74) is -2.57. The molecule has 0 amide bonds. The Labute approximate surface area is 119 Å². The molecule has 0 fully saturated rings. The normalized spacial score (nSPS) is 12.9. The van der Waals surface area contributed by atoms with Crippen LogP contribution in [0.15, 0.2) is 35.5 Å². The number of carbonyl (C=O) groups is 1. The first-order valence-electron chi connectivity index (χ1n) is 5.87. The monoisotopic (exact) mass is 314 g/mol. The summed E-state index contributed by atoms with van der Waals surface area (Å²) in [5, 5.41) is 9.24. The van der Waals surface area contributed by atoms with E-state index in [0.29, 0.717) is 5.69 Å². The fourth-order valence-electron chi connectivity index (χ4n) is 1.51. The van der Waals surface area contributed by atoms with Crippen LogP contribution in [0, 0.1) is 0 Å². The number of sulfone groups is 1. The number of benzene rings is 1. The molecule has 0 saturated heterocycles. The number of hydrogen-bond donors (Lipinski definition) is 0. The van der Waals surface area contributed by atoms with Gasteiger partial charge in [0.25, 0.3) is 15.0 Å². The Morgan fingerprint density at radius 3 is 2.67 bits per heavy atom. The zero-order valence-corrected chi connectivity index (χ0v) is 11.7. The molecule has 0 aliphatic heterocycles. The molecule has 0 aliphatic carbocycles. The number of hydrogen-bond acceptors (Lipinski definition) is 7. The van der Waals surface area contributed by atoms with E-state index in [-0.39, 0.29) is 6.61 Å². The van der Waals surface area contributed by atoms with Crippen LogP contribution in [0.1, 0.15) is 6.92 Å². The quantitative estimate of drug-likeness (QED) is 0.731. The molecule has 2 aromatic rings. The second-order valence-corrected chi connectivity index (χ2v) is 5.69. The summed E-state index contributed by atoms with van der Waals surface area (Å²) in [5.74, 6) is -1.50. The van der Waals surface area contributed by atoms with Crippen molar-refractivity contribution in [1.29, 1.82) is 0 Å². The van der Waals surface area contributed by atoms with Gasteiger partial charge in [-0.2, -0.15) is 4.68 Å². The molecular weight excluding hydrogens is 303 g/mol. The summed E-state index contributed by atoms with van der Waals surface area (Å²) < 4.78 is 43.2. The highest BCUT2D eigenvalue weighted by atomic mass is 32.2. The van der Waals surface area contributed by atoms with E-state index in [1.54, 1.807) is 18.2 Å². The van der Waals surface area contributed by atoms with Gasteiger partial charge in [-0.05, 0) is 29.5 Å². The summed E-state index contributed by atoms with van der Waals surface area (Å²) in [6.45, 7) is 1.30. The Bertz CT molecular complexity index is 732. The Balaban J connectivity index is 2.43. The van der Waals surface area contributed by atoms with E-state index in [2.05, 4.69) is 20.3 Å². The highest BCUT2D eigenvalue weighted by Crippen LogP contribution is 2.18. The fraction of sp³-hybridized carbons (Fsp3) is 0.273. The zero-order valence-electron chi connectivity index (χ0n) is 10.9. The van der Waals surface area contributed by atoms with Crippen molar-refractivity contribution < 1.29 is 22.3 Å². The molecule has 1 aromatic heterocycles. The first kappa shape index (κ1) is 15.0. The van der Waals surface area contributed by atoms with Gasteiger partial charge in [0.15, 0.2) is 0 Å². The van der Waals surface area contributed by atoms with Crippen molar-refractivity contribution in [2.75, 3.05) is 6.61 Å². The number of esters is 1. The first-order chi connectivity index (χ1) is 9.98. The van der Waals surface area contributed by atoms with Gasteiger partial charge in [-0.25, -0.2) is 17.6 Å². The largest absolute Gasteiger partial charge is 0.463 e. The van der Waals surface area contributed by atoms with Crippen LogP contribution < -0.4 is 0 Å². The van der Waals surface area contributed by atoms with E-state index in [0.717, 1.165) is 4.68 Å². The van der Waals surface area contributed by atoms with E-state index < -0.39 is 26.5 Å². The molecule has 1 atom stereocenters. The molecule has 21 heavy (non-hydrogen) atoms. The molecule has 1 aromatic carbocycles. The van der Waals surface area contributed by atoms with Gasteiger partial charge >= 0.3 is 11.5 Å². The highest BCUT2D eigenvalue weighted by molar-refractivity contribution is 7.92. The summed E-state index contributed by atoms with van der Waals surface area (Å²) in [7, 11) is -4.71. The van der Waals surface area contributed by atoms with Crippen molar-refractivity contribution >= 4 is 15.8 Å². The number of para-hydroxylation sites is 1. The standard InChI is InChI=1S/C11H11FN4O4S/c1-2-20-10(17)9(12)21(18,19)11-13-14-15-16(11)8-6-4-3-5-7-8/h3-7,9H,2H2,1H3. The van der Waals surface area contributed by atoms with Gasteiger partial charge in [0.05, 0.1) is 12.3 Å². The van der Waals surface area contributed by atoms with Crippen molar-refractivity contribution in [3.8, 4) is 5.69 Å². The molecule has 0 bridgehead atoms. The maximum atomic E-state index is 13.8. The van der Waals surface area contributed by atoms with Gasteiger partial charge in [0, 0.05) is 0 Å². The van der Waals surface area contributed by atoms with Crippen LogP contribution in [0.3, 0.4) is 0 Å². The molecule has 0 spiro atoms. The van der Waals surface area contributed by atoms with Crippen LogP contribution in [0.25, 0.3) is 5.69 Å². The van der Waals surface area contributed by atoms with Gasteiger partial charge < -0.3 is 4.74 Å². The number of rotatable bonds is 5. The van der Waals surface area contributed by atoms with E-state index in [9.17, 15) is 17.6 Å². The van der Waals surface area contributed by atoms with Crippen LogP contribution in [0.5, 0.6) is 0 Å². The summed E-state index contributed by atoms with van der Waals surface area (Å²) in [4.78, 5) is 11.3. The van der Waals surface area contributed by atoms with Gasteiger partial charge in [0.2, 0.25) is 0 Å². The molecule has 0 N–H and O–H groups in total. The number of alkyl halides is 1. The molecule has 8 nitrogen and oxygen atoms in total. The molecular formula is C11H11FN4O4S. The highest BCUT2D eigenvalue weighted by Gasteiger charge is 2.40. The predicted octanol–water partition coefficient (Wildman–Crippen LogP) is 0.295. The summed E-state index contributed by atoms with van der Waals surface area (Å²) in [6.07, 6.45) is 0. The topological polar surface area (TPSA) is 104 Å². The molecule has 10 heteroatoms. The van der Waals surface area contributed by atoms with E-state index in [4.69, 9.17) is 0 Å². The van der Waals surface area contributed by atoms with Crippen LogP contribution in [0.4, 0.5) is 4.39 Å². The lowest BCUT2D eigenvalue weighted by Crippen LogP contribution is -2.30. The third-order valence-corrected chi connectivity index (χ3v) is 3.94. The molecule has 0 saturated carbocycles. The lowest BCUT2D eigenvalue weighted by atomic mass is 10.3. The SMILES string of the molecule is CCOC(=O)C(F)S(=O)(=O)c1nnnn1-c1ccccc1. The summed E-state index contributed by atoms with van der Waals surface area (Å²) in [6, 6.07) is 8.04. The Hall–Kier alpha value is -2.36. The minimum Gasteiger partial charge on any atom is -0.463 e. The smallest absolute Gasteiger partial charge is 0.357 e. The average Bonchev–Trinajstić information content (AvgIpc) is 2.97. The lowest BCUT2D eigenvalue weighted by Gasteiger charge is -2.08.